The van der Waals surface area contributed by atoms with Crippen LogP contribution in [0.5, 0.6) is 0 Å². The summed E-state index contributed by atoms with van der Waals surface area (Å²) in [7, 11) is 4.08. The molecule has 0 saturated carbocycles. The van der Waals surface area contributed by atoms with Crippen LogP contribution in [0.1, 0.15) is 43.5 Å². The van der Waals surface area contributed by atoms with E-state index in [4.69, 9.17) is 4.98 Å². The molecule has 0 bridgehead atoms. The first kappa shape index (κ1) is 13.3. The Morgan fingerprint density at radius 1 is 1.33 bits per heavy atom. The predicted octanol–water partition coefficient (Wildman–Crippen LogP) is 3.00. The highest BCUT2D eigenvalue weighted by Crippen LogP contribution is 2.32. The fourth-order valence-corrected chi connectivity index (χ4v) is 2.88. The molecule has 2 rings (SSSR count). The number of pyridine rings is 1. The highest BCUT2D eigenvalue weighted by Gasteiger charge is 2.24. The minimum Gasteiger partial charge on any atom is -0.363 e. The van der Waals surface area contributed by atoms with Crippen LogP contribution in [-0.4, -0.2) is 37.1 Å². The second-order valence-corrected chi connectivity index (χ2v) is 5.38. The molecular weight excluding hydrogens is 222 g/mol. The van der Waals surface area contributed by atoms with Gasteiger partial charge in [0.15, 0.2) is 0 Å². The summed E-state index contributed by atoms with van der Waals surface area (Å²) in [4.78, 5) is 9.37. The average molecular weight is 247 g/mol. The van der Waals surface area contributed by atoms with Gasteiger partial charge in [-0.2, -0.15) is 0 Å². The van der Waals surface area contributed by atoms with E-state index in [9.17, 15) is 0 Å². The van der Waals surface area contributed by atoms with Gasteiger partial charge < -0.3 is 4.90 Å². The Morgan fingerprint density at radius 2 is 2.11 bits per heavy atom. The fourth-order valence-electron chi connectivity index (χ4n) is 2.88. The zero-order chi connectivity index (χ0) is 13.1. The Hall–Kier alpha value is -1.09. The Morgan fingerprint density at radius 3 is 2.72 bits per heavy atom. The number of nitrogens with zero attached hydrogens (tertiary/aromatic N) is 3. The van der Waals surface area contributed by atoms with E-state index in [0.29, 0.717) is 6.04 Å². The summed E-state index contributed by atoms with van der Waals surface area (Å²) in [5, 5.41) is 0. The largest absolute Gasteiger partial charge is 0.363 e. The highest BCUT2D eigenvalue weighted by atomic mass is 15.2. The Labute approximate surface area is 111 Å². The van der Waals surface area contributed by atoms with Crippen molar-refractivity contribution in [2.75, 3.05) is 32.1 Å². The van der Waals surface area contributed by atoms with Crippen LogP contribution in [0.2, 0.25) is 0 Å². The van der Waals surface area contributed by atoms with Gasteiger partial charge in [0.05, 0.1) is 0 Å². The fraction of sp³-hybridized carbons (Fsp3) is 0.667. The highest BCUT2D eigenvalue weighted by molar-refractivity contribution is 5.41. The molecule has 1 aliphatic heterocycles. The van der Waals surface area contributed by atoms with E-state index in [1.807, 2.05) is 14.1 Å². The number of rotatable bonds is 3. The maximum absolute atomic E-state index is 4.72. The van der Waals surface area contributed by atoms with E-state index in [-0.39, 0.29) is 0 Å². The van der Waals surface area contributed by atoms with E-state index < -0.39 is 0 Å². The van der Waals surface area contributed by atoms with Gasteiger partial charge in [-0.25, -0.2) is 4.98 Å². The predicted molar refractivity (Wildman–Crippen MR) is 77.1 cm³/mol. The molecule has 0 spiro atoms. The molecule has 2 heterocycles. The Balaban J connectivity index is 2.26. The lowest BCUT2D eigenvalue weighted by Gasteiger charge is -2.35. The monoisotopic (exact) mass is 247 g/mol. The van der Waals surface area contributed by atoms with Gasteiger partial charge in [-0.3, -0.25) is 4.90 Å². The third-order valence-corrected chi connectivity index (χ3v) is 3.95. The smallest absolute Gasteiger partial charge is 0.128 e. The molecule has 1 atom stereocenters. The molecule has 0 radical (unpaired) electrons. The molecular formula is C15H25N3. The van der Waals surface area contributed by atoms with E-state index in [0.717, 1.165) is 12.4 Å². The van der Waals surface area contributed by atoms with Gasteiger partial charge in [-0.05, 0) is 44.5 Å². The molecule has 0 aromatic carbocycles. The number of anilines is 1. The summed E-state index contributed by atoms with van der Waals surface area (Å²) in [5.41, 5.74) is 2.61. The number of piperidine rings is 1. The molecule has 18 heavy (non-hydrogen) atoms. The topological polar surface area (TPSA) is 19.4 Å². The molecule has 0 N–H and O–H groups in total. The lowest BCUT2D eigenvalue weighted by atomic mass is 9.94. The van der Waals surface area contributed by atoms with Gasteiger partial charge in [0.25, 0.3) is 0 Å². The first-order valence-corrected chi connectivity index (χ1v) is 7.02. The van der Waals surface area contributed by atoms with Crippen molar-refractivity contribution in [2.45, 2.75) is 39.2 Å². The van der Waals surface area contributed by atoms with Crippen molar-refractivity contribution in [3.63, 3.8) is 0 Å². The van der Waals surface area contributed by atoms with E-state index in [1.54, 1.807) is 0 Å². The third kappa shape index (κ3) is 2.66. The molecule has 1 aromatic rings. The number of aryl methyl sites for hydroxylation is 1. The van der Waals surface area contributed by atoms with Crippen LogP contribution >= 0.6 is 0 Å². The summed E-state index contributed by atoms with van der Waals surface area (Å²) in [6.07, 6.45) is 3.96. The standard InChI is InChI=1S/C15H25N3/c1-5-18-11-7-6-8-14(18)13-9-10-15(17(3)4)16-12(13)2/h9-10,14H,5-8,11H2,1-4H3. The SMILES string of the molecule is CCN1CCCCC1c1ccc(N(C)C)nc1C. The maximum Gasteiger partial charge on any atom is 0.128 e. The first-order chi connectivity index (χ1) is 8.63. The van der Waals surface area contributed by atoms with Gasteiger partial charge in [0.1, 0.15) is 5.82 Å². The molecule has 1 unspecified atom stereocenters. The third-order valence-electron chi connectivity index (χ3n) is 3.95. The van der Waals surface area contributed by atoms with Crippen molar-refractivity contribution in [2.24, 2.45) is 0 Å². The van der Waals surface area contributed by atoms with Crippen molar-refractivity contribution in [1.82, 2.24) is 9.88 Å². The molecule has 0 aliphatic carbocycles. The van der Waals surface area contributed by atoms with E-state index >= 15 is 0 Å². The van der Waals surface area contributed by atoms with Crippen LogP contribution in [-0.2, 0) is 0 Å². The average Bonchev–Trinajstić information content (AvgIpc) is 2.38. The van der Waals surface area contributed by atoms with Crippen LogP contribution in [0.3, 0.4) is 0 Å². The molecule has 3 heteroatoms. The van der Waals surface area contributed by atoms with E-state index in [1.165, 1.54) is 37.1 Å². The Bertz CT molecular complexity index is 401. The van der Waals surface area contributed by atoms with Gasteiger partial charge in [0, 0.05) is 25.8 Å². The van der Waals surface area contributed by atoms with Gasteiger partial charge in [-0.15, -0.1) is 0 Å². The lowest BCUT2D eigenvalue weighted by molar-refractivity contribution is 0.156. The van der Waals surface area contributed by atoms with Crippen LogP contribution in [0.15, 0.2) is 12.1 Å². The van der Waals surface area contributed by atoms with Gasteiger partial charge >= 0.3 is 0 Å². The van der Waals surface area contributed by atoms with Gasteiger partial charge in [0.2, 0.25) is 0 Å². The minimum absolute atomic E-state index is 0.576. The van der Waals surface area contributed by atoms with Crippen molar-refractivity contribution in [3.8, 4) is 0 Å². The molecule has 1 aromatic heterocycles. The molecule has 0 amide bonds. The molecule has 100 valence electrons. The summed E-state index contributed by atoms with van der Waals surface area (Å²) >= 11 is 0. The van der Waals surface area contributed by atoms with Crippen molar-refractivity contribution >= 4 is 5.82 Å². The summed E-state index contributed by atoms with van der Waals surface area (Å²) in [6.45, 7) is 6.77. The van der Waals surface area contributed by atoms with Crippen LogP contribution in [0.25, 0.3) is 0 Å². The molecule has 3 nitrogen and oxygen atoms in total. The van der Waals surface area contributed by atoms with E-state index in [2.05, 4.69) is 35.8 Å². The molecule has 1 fully saturated rings. The number of likely N-dealkylation sites (tertiary alicyclic amines) is 1. The zero-order valence-electron chi connectivity index (χ0n) is 12.1. The minimum atomic E-state index is 0.576. The normalized spacial score (nSPS) is 21.0. The lowest BCUT2D eigenvalue weighted by Crippen LogP contribution is -2.33. The second-order valence-electron chi connectivity index (χ2n) is 5.38. The zero-order valence-corrected chi connectivity index (χ0v) is 12.1. The summed E-state index contributed by atoms with van der Waals surface area (Å²) in [5.74, 6) is 1.05. The first-order valence-electron chi connectivity index (χ1n) is 7.02. The van der Waals surface area contributed by atoms with Crippen LogP contribution < -0.4 is 4.90 Å². The van der Waals surface area contributed by atoms with Crippen molar-refractivity contribution in [1.29, 1.82) is 0 Å². The quantitative estimate of drug-likeness (QED) is 0.818. The van der Waals surface area contributed by atoms with Crippen molar-refractivity contribution in [3.05, 3.63) is 23.4 Å². The number of hydrogen-bond acceptors (Lipinski definition) is 3. The summed E-state index contributed by atoms with van der Waals surface area (Å²) < 4.78 is 0. The second kappa shape index (κ2) is 5.70. The Kier molecular flexibility index (Phi) is 4.23. The molecule has 1 aliphatic rings. The maximum atomic E-state index is 4.72. The molecule has 1 saturated heterocycles. The van der Waals surface area contributed by atoms with Crippen LogP contribution in [0, 0.1) is 6.92 Å². The summed E-state index contributed by atoms with van der Waals surface area (Å²) in [6, 6.07) is 4.99. The van der Waals surface area contributed by atoms with Crippen LogP contribution in [0.4, 0.5) is 5.82 Å². The number of aromatic nitrogens is 1. The van der Waals surface area contributed by atoms with Gasteiger partial charge in [-0.1, -0.05) is 19.4 Å². The van der Waals surface area contributed by atoms with Crippen molar-refractivity contribution < 1.29 is 0 Å². The number of hydrogen-bond donors (Lipinski definition) is 0.